The van der Waals surface area contributed by atoms with E-state index in [1.807, 2.05) is 35.2 Å². The molecule has 3 nitrogen and oxygen atoms in total. The molecule has 1 saturated heterocycles. The summed E-state index contributed by atoms with van der Waals surface area (Å²) in [5, 5.41) is 0. The molecule has 0 saturated carbocycles. The quantitative estimate of drug-likeness (QED) is 0.921. The average molecular weight is 274 g/mol. The van der Waals surface area contributed by atoms with Crippen molar-refractivity contribution in [2.24, 2.45) is 17.1 Å². The largest absolute Gasteiger partial charge is 0.342 e. The Morgan fingerprint density at radius 1 is 1.35 bits per heavy atom. The highest BCUT2D eigenvalue weighted by Gasteiger charge is 2.35. The van der Waals surface area contributed by atoms with E-state index in [9.17, 15) is 4.79 Å². The Labute approximate surface area is 122 Å². The molecule has 110 valence electrons. The summed E-state index contributed by atoms with van der Waals surface area (Å²) in [6, 6.07) is 9.88. The van der Waals surface area contributed by atoms with Crippen LogP contribution in [0.3, 0.4) is 0 Å². The van der Waals surface area contributed by atoms with Gasteiger partial charge in [-0.1, -0.05) is 51.1 Å². The second-order valence-corrected chi connectivity index (χ2v) is 6.83. The van der Waals surface area contributed by atoms with Gasteiger partial charge in [-0.05, 0) is 23.3 Å². The molecule has 0 radical (unpaired) electrons. The van der Waals surface area contributed by atoms with Crippen LogP contribution in [0, 0.1) is 11.3 Å². The minimum atomic E-state index is -0.199. The van der Waals surface area contributed by atoms with Crippen LogP contribution in [0.2, 0.25) is 0 Å². The second kappa shape index (κ2) is 5.96. The third-order valence-electron chi connectivity index (χ3n) is 4.46. The molecule has 1 amide bonds. The molecule has 0 aromatic heterocycles. The summed E-state index contributed by atoms with van der Waals surface area (Å²) in [7, 11) is 0. The molecule has 0 bridgehead atoms. The van der Waals surface area contributed by atoms with Gasteiger partial charge < -0.3 is 10.6 Å². The van der Waals surface area contributed by atoms with Gasteiger partial charge in [-0.2, -0.15) is 0 Å². The number of benzene rings is 1. The number of rotatable bonds is 3. The summed E-state index contributed by atoms with van der Waals surface area (Å²) in [5.41, 5.74) is 7.14. The zero-order chi connectivity index (χ0) is 14.8. The highest BCUT2D eigenvalue weighted by molar-refractivity contribution is 5.84. The van der Waals surface area contributed by atoms with E-state index in [1.54, 1.807) is 0 Å². The predicted octanol–water partition coefficient (Wildman–Crippen LogP) is 2.62. The topological polar surface area (TPSA) is 46.3 Å². The molecule has 2 rings (SSSR count). The fraction of sp³-hybridized carbons (Fsp3) is 0.588. The fourth-order valence-corrected chi connectivity index (χ4v) is 2.95. The van der Waals surface area contributed by atoms with Crippen molar-refractivity contribution in [2.75, 3.05) is 19.6 Å². The van der Waals surface area contributed by atoms with Gasteiger partial charge in [0.25, 0.3) is 0 Å². The summed E-state index contributed by atoms with van der Waals surface area (Å²) in [6.07, 6.45) is 1.10. The molecule has 1 aromatic carbocycles. The number of carbonyl (C=O) groups excluding carboxylic acids is 1. The van der Waals surface area contributed by atoms with Crippen LogP contribution < -0.4 is 5.73 Å². The van der Waals surface area contributed by atoms with Crippen molar-refractivity contribution >= 4 is 5.91 Å². The maximum absolute atomic E-state index is 12.7. The normalized spacial score (nSPS) is 21.0. The number of nitrogens with zero attached hydrogens (tertiary/aromatic N) is 1. The molecule has 2 N–H and O–H groups in total. The lowest BCUT2D eigenvalue weighted by Gasteiger charge is -2.28. The molecule has 20 heavy (non-hydrogen) atoms. The van der Waals surface area contributed by atoms with Crippen molar-refractivity contribution < 1.29 is 4.79 Å². The standard InChI is InChI=1S/C17H26N2O/c1-17(2,3)14-9-10-19(12-14)16(20)15(11-18)13-7-5-4-6-8-13/h4-8,14-15H,9-12,18H2,1-3H3. The smallest absolute Gasteiger partial charge is 0.231 e. The van der Waals surface area contributed by atoms with Crippen molar-refractivity contribution in [3.63, 3.8) is 0 Å². The van der Waals surface area contributed by atoms with E-state index in [0.29, 0.717) is 12.5 Å². The monoisotopic (exact) mass is 274 g/mol. The average Bonchev–Trinajstić information content (AvgIpc) is 2.90. The molecule has 2 atom stereocenters. The van der Waals surface area contributed by atoms with Crippen LogP contribution in [0.4, 0.5) is 0 Å². The first-order valence-corrected chi connectivity index (χ1v) is 7.47. The van der Waals surface area contributed by atoms with Crippen LogP contribution in [0.1, 0.15) is 38.7 Å². The third kappa shape index (κ3) is 3.21. The van der Waals surface area contributed by atoms with Gasteiger partial charge in [0, 0.05) is 19.6 Å². The molecular weight excluding hydrogens is 248 g/mol. The molecule has 2 unspecified atom stereocenters. The van der Waals surface area contributed by atoms with Gasteiger partial charge in [-0.15, -0.1) is 0 Å². The lowest BCUT2D eigenvalue weighted by molar-refractivity contribution is -0.131. The Hall–Kier alpha value is -1.35. The summed E-state index contributed by atoms with van der Waals surface area (Å²) in [6.45, 7) is 8.87. The van der Waals surface area contributed by atoms with Crippen molar-refractivity contribution in [3.05, 3.63) is 35.9 Å². The predicted molar refractivity (Wildman–Crippen MR) is 82.4 cm³/mol. The Morgan fingerprint density at radius 2 is 2.00 bits per heavy atom. The Morgan fingerprint density at radius 3 is 2.50 bits per heavy atom. The Bertz CT molecular complexity index is 450. The first-order chi connectivity index (χ1) is 9.43. The van der Waals surface area contributed by atoms with Gasteiger partial charge in [0.15, 0.2) is 0 Å². The van der Waals surface area contributed by atoms with E-state index in [0.717, 1.165) is 25.1 Å². The number of nitrogens with two attached hydrogens (primary N) is 1. The molecule has 1 aliphatic rings. The minimum Gasteiger partial charge on any atom is -0.342 e. The van der Waals surface area contributed by atoms with E-state index < -0.39 is 0 Å². The second-order valence-electron chi connectivity index (χ2n) is 6.83. The maximum Gasteiger partial charge on any atom is 0.231 e. The van der Waals surface area contributed by atoms with Crippen molar-refractivity contribution in [3.8, 4) is 0 Å². The van der Waals surface area contributed by atoms with Crippen LogP contribution >= 0.6 is 0 Å². The Kier molecular flexibility index (Phi) is 4.48. The van der Waals surface area contributed by atoms with Gasteiger partial charge in [-0.3, -0.25) is 4.79 Å². The van der Waals surface area contributed by atoms with E-state index in [-0.39, 0.29) is 17.2 Å². The van der Waals surface area contributed by atoms with E-state index in [1.165, 1.54) is 0 Å². The number of amides is 1. The first-order valence-electron chi connectivity index (χ1n) is 7.47. The number of hydrogen-bond acceptors (Lipinski definition) is 2. The lowest BCUT2D eigenvalue weighted by Crippen LogP contribution is -2.37. The maximum atomic E-state index is 12.7. The van der Waals surface area contributed by atoms with Crippen molar-refractivity contribution in [2.45, 2.75) is 33.1 Å². The highest BCUT2D eigenvalue weighted by atomic mass is 16.2. The van der Waals surface area contributed by atoms with Gasteiger partial charge in [-0.25, -0.2) is 0 Å². The van der Waals surface area contributed by atoms with E-state index >= 15 is 0 Å². The number of likely N-dealkylation sites (tertiary alicyclic amines) is 1. The molecule has 1 aromatic rings. The van der Waals surface area contributed by atoms with Gasteiger partial charge >= 0.3 is 0 Å². The number of hydrogen-bond donors (Lipinski definition) is 1. The first kappa shape index (κ1) is 15.0. The van der Waals surface area contributed by atoms with E-state index in [2.05, 4.69) is 20.8 Å². The number of carbonyl (C=O) groups is 1. The van der Waals surface area contributed by atoms with Crippen molar-refractivity contribution in [1.29, 1.82) is 0 Å². The van der Waals surface area contributed by atoms with Crippen LogP contribution in [-0.4, -0.2) is 30.4 Å². The molecule has 3 heteroatoms. The zero-order valence-electron chi connectivity index (χ0n) is 12.8. The summed E-state index contributed by atoms with van der Waals surface area (Å²) < 4.78 is 0. The highest BCUT2D eigenvalue weighted by Crippen LogP contribution is 2.34. The van der Waals surface area contributed by atoms with Crippen LogP contribution in [0.25, 0.3) is 0 Å². The summed E-state index contributed by atoms with van der Waals surface area (Å²) in [4.78, 5) is 14.7. The molecular formula is C17H26N2O. The summed E-state index contributed by atoms with van der Waals surface area (Å²) >= 11 is 0. The SMILES string of the molecule is CC(C)(C)C1CCN(C(=O)C(CN)c2ccccc2)C1. The van der Waals surface area contributed by atoms with E-state index in [4.69, 9.17) is 5.73 Å². The lowest BCUT2D eigenvalue weighted by atomic mass is 9.80. The van der Waals surface area contributed by atoms with Gasteiger partial charge in [0.2, 0.25) is 5.91 Å². The summed E-state index contributed by atoms with van der Waals surface area (Å²) in [5.74, 6) is 0.570. The van der Waals surface area contributed by atoms with Crippen molar-refractivity contribution in [1.82, 2.24) is 4.90 Å². The molecule has 0 aliphatic carbocycles. The third-order valence-corrected chi connectivity index (χ3v) is 4.46. The molecule has 1 aliphatic heterocycles. The molecule has 0 spiro atoms. The Balaban J connectivity index is 2.08. The molecule has 1 fully saturated rings. The molecule has 1 heterocycles. The van der Waals surface area contributed by atoms with Gasteiger partial charge in [0.1, 0.15) is 0 Å². The minimum absolute atomic E-state index is 0.186. The van der Waals surface area contributed by atoms with Crippen LogP contribution in [0.5, 0.6) is 0 Å². The fourth-order valence-electron chi connectivity index (χ4n) is 2.95. The van der Waals surface area contributed by atoms with Crippen LogP contribution in [-0.2, 0) is 4.79 Å². The van der Waals surface area contributed by atoms with Gasteiger partial charge in [0.05, 0.1) is 5.92 Å². The van der Waals surface area contributed by atoms with Crippen LogP contribution in [0.15, 0.2) is 30.3 Å². The zero-order valence-corrected chi connectivity index (χ0v) is 12.8.